The fraction of sp³-hybridized carbons (Fsp3) is 0.143. The van der Waals surface area contributed by atoms with E-state index in [0.717, 1.165) is 6.20 Å². The molecule has 0 saturated carbocycles. The Morgan fingerprint density at radius 2 is 2.14 bits per heavy atom. The molecule has 1 rings (SSSR count). The van der Waals surface area contributed by atoms with E-state index in [0.29, 0.717) is 6.07 Å². The van der Waals surface area contributed by atoms with Crippen LogP contribution in [0.25, 0.3) is 0 Å². The van der Waals surface area contributed by atoms with Gasteiger partial charge in [0.2, 0.25) is 0 Å². The lowest BCUT2D eigenvalue weighted by Crippen LogP contribution is -2.15. The van der Waals surface area contributed by atoms with E-state index in [2.05, 4.69) is 10.1 Å². The predicted octanol–water partition coefficient (Wildman–Crippen LogP) is 1.19. The summed E-state index contributed by atoms with van der Waals surface area (Å²) in [4.78, 5) is 3.11. The van der Waals surface area contributed by atoms with Crippen LogP contribution in [0.1, 0.15) is 11.3 Å². The van der Waals surface area contributed by atoms with Crippen molar-refractivity contribution in [1.82, 2.24) is 4.98 Å². The highest BCUT2D eigenvalue weighted by Crippen LogP contribution is 2.27. The van der Waals surface area contributed by atoms with Crippen LogP contribution >= 0.6 is 0 Å². The van der Waals surface area contributed by atoms with Gasteiger partial charge in [0.05, 0.1) is 0 Å². The van der Waals surface area contributed by atoms with Crippen molar-refractivity contribution in [3.05, 3.63) is 29.6 Å². The molecular weight excluding hydrogens is 199 g/mol. The molecule has 0 unspecified atom stereocenters. The summed E-state index contributed by atoms with van der Waals surface area (Å²) in [6.07, 6.45) is -3.60. The average Bonchev–Trinajstić information content (AvgIpc) is 2.15. The molecule has 0 aromatic carbocycles. The lowest BCUT2D eigenvalue weighted by Gasteiger charge is -2.06. The van der Waals surface area contributed by atoms with Crippen LogP contribution in [-0.4, -0.2) is 16.0 Å². The van der Waals surface area contributed by atoms with Crippen LogP contribution in [0, 0.1) is 0 Å². The van der Waals surface area contributed by atoms with Crippen molar-refractivity contribution < 1.29 is 18.4 Å². The minimum atomic E-state index is -4.54. The van der Waals surface area contributed by atoms with Gasteiger partial charge < -0.3 is 10.9 Å². The molecule has 14 heavy (non-hydrogen) atoms. The van der Waals surface area contributed by atoms with Gasteiger partial charge in [0.15, 0.2) is 5.84 Å². The van der Waals surface area contributed by atoms with E-state index >= 15 is 0 Å². The molecule has 0 amide bonds. The SMILES string of the molecule is N/C(=N\O)c1ccnc(C(F)(F)F)c1. The van der Waals surface area contributed by atoms with Crippen LogP contribution in [0.15, 0.2) is 23.5 Å². The van der Waals surface area contributed by atoms with Gasteiger partial charge in [-0.1, -0.05) is 5.16 Å². The summed E-state index contributed by atoms with van der Waals surface area (Å²) in [5.41, 5.74) is 4.00. The van der Waals surface area contributed by atoms with Gasteiger partial charge in [0.25, 0.3) is 0 Å². The van der Waals surface area contributed by atoms with Gasteiger partial charge in [-0.05, 0) is 12.1 Å². The molecule has 76 valence electrons. The Labute approximate surface area is 76.9 Å². The Balaban J connectivity index is 3.14. The van der Waals surface area contributed by atoms with E-state index in [9.17, 15) is 13.2 Å². The average molecular weight is 205 g/mol. The fourth-order valence-corrected chi connectivity index (χ4v) is 0.803. The standard InChI is InChI=1S/C7H6F3N3O/c8-7(9,10)5-3-4(1-2-12-5)6(11)13-14/h1-3,14H,(H2,11,13). The first-order chi connectivity index (χ1) is 6.45. The van der Waals surface area contributed by atoms with Gasteiger partial charge in [0.1, 0.15) is 5.69 Å². The monoisotopic (exact) mass is 205 g/mol. The molecule has 0 aliphatic heterocycles. The second-order valence-electron chi connectivity index (χ2n) is 2.41. The molecule has 1 heterocycles. The molecule has 3 N–H and O–H groups in total. The number of pyridine rings is 1. The molecule has 1 aromatic rings. The maximum absolute atomic E-state index is 12.1. The van der Waals surface area contributed by atoms with Crippen LogP contribution in [0.4, 0.5) is 13.2 Å². The Morgan fingerprint density at radius 3 is 2.64 bits per heavy atom. The van der Waals surface area contributed by atoms with E-state index < -0.39 is 17.7 Å². The second-order valence-corrected chi connectivity index (χ2v) is 2.41. The summed E-state index contributed by atoms with van der Waals surface area (Å²) in [5.74, 6) is -0.391. The van der Waals surface area contributed by atoms with Gasteiger partial charge in [-0.25, -0.2) is 0 Å². The largest absolute Gasteiger partial charge is 0.433 e. The first kappa shape index (κ1) is 10.3. The van der Waals surface area contributed by atoms with Gasteiger partial charge >= 0.3 is 6.18 Å². The summed E-state index contributed by atoms with van der Waals surface area (Å²) < 4.78 is 36.4. The van der Waals surface area contributed by atoms with Crippen molar-refractivity contribution in [2.75, 3.05) is 0 Å². The summed E-state index contributed by atoms with van der Waals surface area (Å²) in [6.45, 7) is 0. The summed E-state index contributed by atoms with van der Waals surface area (Å²) in [6, 6.07) is 1.92. The number of hydrogen-bond acceptors (Lipinski definition) is 3. The minimum absolute atomic E-state index is 0.0326. The summed E-state index contributed by atoms with van der Waals surface area (Å²) in [7, 11) is 0. The van der Waals surface area contributed by atoms with E-state index in [1.165, 1.54) is 6.07 Å². The summed E-state index contributed by atoms with van der Waals surface area (Å²) >= 11 is 0. The Morgan fingerprint density at radius 1 is 1.50 bits per heavy atom. The van der Waals surface area contributed by atoms with Gasteiger partial charge in [-0.3, -0.25) is 4.98 Å². The molecule has 0 bridgehead atoms. The minimum Gasteiger partial charge on any atom is -0.409 e. The molecule has 0 fully saturated rings. The summed E-state index contributed by atoms with van der Waals surface area (Å²) in [5, 5.41) is 10.8. The molecule has 0 aliphatic rings. The molecule has 0 aliphatic carbocycles. The number of alkyl halides is 3. The van der Waals surface area contributed by atoms with Crippen LogP contribution in [0.2, 0.25) is 0 Å². The van der Waals surface area contributed by atoms with Crippen molar-refractivity contribution in [1.29, 1.82) is 0 Å². The van der Waals surface area contributed by atoms with Crippen LogP contribution in [-0.2, 0) is 6.18 Å². The van der Waals surface area contributed by atoms with E-state index in [1.54, 1.807) is 0 Å². The normalized spacial score (nSPS) is 12.9. The molecular formula is C7H6F3N3O. The third-order valence-electron chi connectivity index (χ3n) is 1.45. The zero-order chi connectivity index (χ0) is 10.8. The number of nitrogens with zero attached hydrogens (tertiary/aromatic N) is 2. The Bertz CT molecular complexity index is 361. The Kier molecular flexibility index (Phi) is 2.59. The molecule has 1 aromatic heterocycles. The number of nitrogens with two attached hydrogens (primary N) is 1. The van der Waals surface area contributed by atoms with Gasteiger partial charge in [-0.15, -0.1) is 0 Å². The molecule has 0 radical (unpaired) electrons. The molecule has 0 spiro atoms. The molecule has 7 heteroatoms. The zero-order valence-electron chi connectivity index (χ0n) is 6.78. The smallest absolute Gasteiger partial charge is 0.409 e. The van der Waals surface area contributed by atoms with Crippen molar-refractivity contribution in [2.24, 2.45) is 10.9 Å². The van der Waals surface area contributed by atoms with Crippen LogP contribution in [0.3, 0.4) is 0 Å². The Hall–Kier alpha value is -1.79. The molecule has 0 saturated heterocycles. The number of aromatic nitrogens is 1. The van der Waals surface area contributed by atoms with Gasteiger partial charge in [-0.2, -0.15) is 13.2 Å². The van der Waals surface area contributed by atoms with E-state index in [1.807, 2.05) is 0 Å². The lowest BCUT2D eigenvalue weighted by molar-refractivity contribution is -0.141. The maximum Gasteiger partial charge on any atom is 0.433 e. The number of hydrogen-bond donors (Lipinski definition) is 2. The van der Waals surface area contributed by atoms with E-state index in [-0.39, 0.29) is 5.56 Å². The van der Waals surface area contributed by atoms with Crippen molar-refractivity contribution >= 4 is 5.84 Å². The maximum atomic E-state index is 12.1. The zero-order valence-corrected chi connectivity index (χ0v) is 6.78. The van der Waals surface area contributed by atoms with Crippen molar-refractivity contribution in [3.8, 4) is 0 Å². The van der Waals surface area contributed by atoms with Crippen LogP contribution in [0.5, 0.6) is 0 Å². The number of amidine groups is 1. The first-order valence-electron chi connectivity index (χ1n) is 3.46. The lowest BCUT2D eigenvalue weighted by atomic mass is 10.2. The number of oxime groups is 1. The molecule has 4 nitrogen and oxygen atoms in total. The van der Waals surface area contributed by atoms with Crippen molar-refractivity contribution in [2.45, 2.75) is 6.18 Å². The third kappa shape index (κ3) is 2.12. The number of halogens is 3. The van der Waals surface area contributed by atoms with Gasteiger partial charge in [0, 0.05) is 11.8 Å². The fourth-order valence-electron chi connectivity index (χ4n) is 0.803. The predicted molar refractivity (Wildman–Crippen MR) is 41.7 cm³/mol. The quantitative estimate of drug-likeness (QED) is 0.313. The van der Waals surface area contributed by atoms with E-state index in [4.69, 9.17) is 10.9 Å². The second kappa shape index (κ2) is 3.52. The third-order valence-corrected chi connectivity index (χ3v) is 1.45. The van der Waals surface area contributed by atoms with Crippen molar-refractivity contribution in [3.63, 3.8) is 0 Å². The van der Waals surface area contributed by atoms with Crippen LogP contribution < -0.4 is 5.73 Å². The highest BCUT2D eigenvalue weighted by molar-refractivity contribution is 5.96. The highest BCUT2D eigenvalue weighted by atomic mass is 19.4. The highest BCUT2D eigenvalue weighted by Gasteiger charge is 2.32. The molecule has 0 atom stereocenters. The first-order valence-corrected chi connectivity index (χ1v) is 3.46. The topological polar surface area (TPSA) is 71.5 Å². The number of rotatable bonds is 1.